The number of benzene rings is 1. The average Bonchev–Trinajstić information content (AvgIpc) is 3.05. The molecule has 1 amide bonds. The van der Waals surface area contributed by atoms with E-state index < -0.39 is 12.2 Å². The molecule has 10 nitrogen and oxygen atoms in total. The minimum Gasteiger partial charge on any atom is -0.464 e. The second-order valence-electron chi connectivity index (χ2n) is 11.5. The topological polar surface area (TPSA) is 111 Å². The van der Waals surface area contributed by atoms with Crippen molar-refractivity contribution in [2.75, 3.05) is 65.8 Å². The Morgan fingerprint density at radius 3 is 2.49 bits per heavy atom. The molecule has 2 fully saturated rings. The van der Waals surface area contributed by atoms with Gasteiger partial charge in [0.1, 0.15) is 5.58 Å². The second-order valence-corrected chi connectivity index (χ2v) is 11.5. The highest BCUT2D eigenvalue weighted by Gasteiger charge is 2.41. The van der Waals surface area contributed by atoms with E-state index in [-0.39, 0.29) is 36.2 Å². The molecule has 3 aliphatic heterocycles. The summed E-state index contributed by atoms with van der Waals surface area (Å²) in [5.41, 5.74) is 0.860. The van der Waals surface area contributed by atoms with Crippen molar-refractivity contribution in [3.05, 3.63) is 58.2 Å². The van der Waals surface area contributed by atoms with Crippen LogP contribution in [0.25, 0.3) is 11.0 Å². The van der Waals surface area contributed by atoms with Crippen LogP contribution in [0.5, 0.6) is 0 Å². The smallest absolute Gasteiger partial charge is 0.288 e. The van der Waals surface area contributed by atoms with Gasteiger partial charge in [-0.3, -0.25) is 9.59 Å². The van der Waals surface area contributed by atoms with E-state index in [1.54, 1.807) is 18.2 Å². The van der Waals surface area contributed by atoms with Gasteiger partial charge in [0.25, 0.3) is 5.91 Å². The molecule has 0 radical (unpaired) electrons. The summed E-state index contributed by atoms with van der Waals surface area (Å²) < 4.78 is 29.3. The van der Waals surface area contributed by atoms with Crippen LogP contribution in [0.4, 0.5) is 0 Å². The van der Waals surface area contributed by atoms with Crippen molar-refractivity contribution >= 4 is 16.9 Å². The van der Waals surface area contributed by atoms with Crippen LogP contribution in [0.1, 0.15) is 56.9 Å². The van der Waals surface area contributed by atoms with Gasteiger partial charge < -0.3 is 38.3 Å². The molecule has 0 aliphatic carbocycles. The van der Waals surface area contributed by atoms with Gasteiger partial charge in [0.2, 0.25) is 6.29 Å². The summed E-state index contributed by atoms with van der Waals surface area (Å²) in [5, 5.41) is 9.39. The molecule has 0 unspecified atom stereocenters. The predicted octanol–water partition coefficient (Wildman–Crippen LogP) is 3.66. The molecule has 10 heteroatoms. The molecule has 2 aromatic rings. The van der Waals surface area contributed by atoms with Crippen molar-refractivity contribution in [3.63, 3.8) is 0 Å². The Morgan fingerprint density at radius 2 is 1.74 bits per heavy atom. The summed E-state index contributed by atoms with van der Waals surface area (Å²) >= 11 is 0. The van der Waals surface area contributed by atoms with Crippen molar-refractivity contribution < 1.29 is 33.3 Å². The number of rotatable bonds is 13. The van der Waals surface area contributed by atoms with Gasteiger partial charge in [0.15, 0.2) is 11.2 Å². The van der Waals surface area contributed by atoms with Gasteiger partial charge in [-0.1, -0.05) is 18.6 Å². The van der Waals surface area contributed by atoms with Crippen LogP contribution in [-0.4, -0.2) is 99.0 Å². The number of hydrogen-bond donors (Lipinski definition) is 1. The number of amides is 1. The Balaban J connectivity index is 1.36. The van der Waals surface area contributed by atoms with Crippen molar-refractivity contribution in [2.24, 2.45) is 5.92 Å². The monoisotopic (exact) mass is 598 g/mol. The van der Waals surface area contributed by atoms with Gasteiger partial charge in [-0.25, -0.2) is 0 Å². The van der Waals surface area contributed by atoms with Gasteiger partial charge in [-0.15, -0.1) is 0 Å². The lowest BCUT2D eigenvalue weighted by molar-refractivity contribution is -0.172. The maximum absolute atomic E-state index is 13.9. The molecule has 43 heavy (non-hydrogen) atoms. The zero-order valence-corrected chi connectivity index (χ0v) is 25.3. The molecule has 0 saturated carbocycles. The Hall–Kier alpha value is -2.76. The fourth-order valence-corrected chi connectivity index (χ4v) is 6.59. The van der Waals surface area contributed by atoms with Crippen molar-refractivity contribution in [1.29, 1.82) is 0 Å². The number of para-hydroxylation sites is 1. The van der Waals surface area contributed by atoms with Gasteiger partial charge >= 0.3 is 0 Å². The molecule has 1 N–H and O–H groups in total. The molecule has 3 atom stereocenters. The van der Waals surface area contributed by atoms with E-state index in [0.717, 1.165) is 25.9 Å². The first-order chi connectivity index (χ1) is 21.1. The summed E-state index contributed by atoms with van der Waals surface area (Å²) in [5.74, 6) is -0.691. The highest BCUT2D eigenvalue weighted by molar-refractivity contribution is 5.92. The van der Waals surface area contributed by atoms with Crippen LogP contribution >= 0.6 is 0 Å². The normalized spacial score (nSPS) is 23.7. The number of allylic oxidation sites excluding steroid dienone is 1. The van der Waals surface area contributed by atoms with Crippen LogP contribution in [0.2, 0.25) is 0 Å². The van der Waals surface area contributed by atoms with Crippen molar-refractivity contribution in [1.82, 2.24) is 9.80 Å². The summed E-state index contributed by atoms with van der Waals surface area (Å²) in [6.07, 6.45) is 8.84. The fraction of sp³-hybridized carbons (Fsp3) is 0.636. The first-order valence-corrected chi connectivity index (χ1v) is 15.9. The number of carbonyl (C=O) groups excluding carboxylic acids is 1. The quantitative estimate of drug-likeness (QED) is 0.346. The fourth-order valence-electron chi connectivity index (χ4n) is 6.59. The molecule has 0 bridgehead atoms. The number of fused-ring (bicyclic) bond motifs is 1. The highest BCUT2D eigenvalue weighted by atomic mass is 16.7. The minimum absolute atomic E-state index is 0.0324. The first kappa shape index (κ1) is 31.7. The number of hydrogen-bond acceptors (Lipinski definition) is 9. The third kappa shape index (κ3) is 7.85. The lowest BCUT2D eigenvalue weighted by Crippen LogP contribution is -2.49. The third-order valence-corrected chi connectivity index (χ3v) is 8.85. The number of aliphatic hydroxyl groups excluding tert-OH is 1. The Kier molecular flexibility index (Phi) is 11.6. The van der Waals surface area contributed by atoms with Crippen LogP contribution in [0.3, 0.4) is 0 Å². The number of carbonyl (C=O) groups is 1. The van der Waals surface area contributed by atoms with E-state index in [1.807, 2.05) is 24.0 Å². The Labute approximate surface area is 253 Å². The molecular weight excluding hydrogens is 552 g/mol. The molecule has 5 rings (SSSR count). The summed E-state index contributed by atoms with van der Waals surface area (Å²) in [4.78, 5) is 32.1. The number of ether oxygens (including phenoxy) is 4. The van der Waals surface area contributed by atoms with Crippen molar-refractivity contribution in [2.45, 2.75) is 63.7 Å². The van der Waals surface area contributed by atoms with Crippen LogP contribution in [0.15, 0.2) is 51.6 Å². The van der Waals surface area contributed by atoms with E-state index in [4.69, 9.17) is 28.5 Å². The van der Waals surface area contributed by atoms with Crippen LogP contribution < -0.4 is 5.43 Å². The highest BCUT2D eigenvalue weighted by Crippen LogP contribution is 2.39. The van der Waals surface area contributed by atoms with Crippen LogP contribution in [0, 0.1) is 5.92 Å². The van der Waals surface area contributed by atoms with Gasteiger partial charge in [-0.05, 0) is 70.3 Å². The van der Waals surface area contributed by atoms with Gasteiger partial charge in [0.05, 0.1) is 38.1 Å². The summed E-state index contributed by atoms with van der Waals surface area (Å²) in [6, 6.07) is 7.71. The molecule has 236 valence electrons. The third-order valence-electron chi connectivity index (χ3n) is 8.85. The molecule has 2 saturated heterocycles. The first-order valence-electron chi connectivity index (χ1n) is 15.9. The van der Waals surface area contributed by atoms with E-state index in [9.17, 15) is 9.59 Å². The van der Waals surface area contributed by atoms with Gasteiger partial charge in [-0.2, -0.15) is 0 Å². The van der Waals surface area contributed by atoms with E-state index in [0.29, 0.717) is 68.5 Å². The SMILES string of the molecule is CCO[C@@H]1OC(C(=O)N2CCC(N3CCCCC3)CC2)=C[C@H](c2coc3ccccc3c2=O)[C@H]1CCOCCOCCO. The maximum atomic E-state index is 13.9. The average molecular weight is 599 g/mol. The number of likely N-dealkylation sites (tertiary alicyclic amines) is 2. The van der Waals surface area contributed by atoms with Crippen molar-refractivity contribution in [3.8, 4) is 0 Å². The van der Waals surface area contributed by atoms with Gasteiger partial charge in [0, 0.05) is 49.7 Å². The standard InChI is InChI=1S/C33H46N2O8/c1-2-41-33-25(12-18-39-20-21-40-19-17-36)27(28-23-42-29-9-5-4-8-26(29)31(28)37)22-30(43-33)32(38)35-15-10-24(11-16-35)34-13-6-3-7-14-34/h4-5,8-9,22-25,27,33,36H,2-3,6-7,10-21H2,1H3/t25-,27+,33-/m1/s1. The lowest BCUT2D eigenvalue weighted by Gasteiger charge is -2.41. The summed E-state index contributed by atoms with van der Waals surface area (Å²) in [7, 11) is 0. The Bertz CT molecular complexity index is 1270. The molecular formula is C33H46N2O8. The maximum Gasteiger partial charge on any atom is 0.288 e. The zero-order chi connectivity index (χ0) is 30.0. The largest absolute Gasteiger partial charge is 0.464 e. The second kappa shape index (κ2) is 15.8. The number of nitrogens with zero attached hydrogens (tertiary/aromatic N) is 2. The molecule has 4 heterocycles. The molecule has 1 aromatic heterocycles. The molecule has 0 spiro atoms. The lowest BCUT2D eigenvalue weighted by atomic mass is 9.81. The predicted molar refractivity (Wildman–Crippen MR) is 162 cm³/mol. The van der Waals surface area contributed by atoms with E-state index in [1.165, 1.54) is 25.5 Å². The Morgan fingerprint density at radius 1 is 1.00 bits per heavy atom. The minimum atomic E-state index is -0.732. The van der Waals surface area contributed by atoms with E-state index >= 15 is 0 Å². The van der Waals surface area contributed by atoms with Crippen LogP contribution in [-0.2, 0) is 23.7 Å². The molecule has 3 aliphatic rings. The van der Waals surface area contributed by atoms with E-state index in [2.05, 4.69) is 4.90 Å². The summed E-state index contributed by atoms with van der Waals surface area (Å²) in [6.45, 7) is 7.31. The number of aliphatic hydroxyl groups is 1. The number of piperidine rings is 2. The molecule has 1 aromatic carbocycles. The zero-order valence-electron chi connectivity index (χ0n) is 25.3.